The van der Waals surface area contributed by atoms with E-state index in [2.05, 4.69) is 5.32 Å². The van der Waals surface area contributed by atoms with E-state index >= 15 is 4.39 Å². The largest absolute Gasteiger partial charge is 0.311 e. The van der Waals surface area contributed by atoms with Gasteiger partial charge in [0, 0.05) is 29.8 Å². The number of rotatable bonds is 4. The van der Waals surface area contributed by atoms with Crippen LogP contribution < -0.4 is 10.9 Å². The van der Waals surface area contributed by atoms with Gasteiger partial charge in [-0.05, 0) is 23.6 Å². The molecule has 1 saturated heterocycles. The van der Waals surface area contributed by atoms with E-state index in [9.17, 15) is 14.4 Å². The molecule has 1 N–H and O–H groups in total. The number of imide groups is 1. The molecule has 0 radical (unpaired) electrons. The number of pyridine rings is 1. The fourth-order valence-corrected chi connectivity index (χ4v) is 3.61. The number of amides is 2. The van der Waals surface area contributed by atoms with Crippen LogP contribution in [0.2, 0.25) is 0 Å². The summed E-state index contributed by atoms with van der Waals surface area (Å²) in [5.41, 5.74) is 2.21. The number of benzene rings is 2. The summed E-state index contributed by atoms with van der Waals surface area (Å²) in [6.45, 7) is 0.429. The maximum absolute atomic E-state index is 15.2. The number of piperidine rings is 1. The summed E-state index contributed by atoms with van der Waals surface area (Å²) in [5, 5.41) is 2.28. The first-order chi connectivity index (χ1) is 14.0. The third kappa shape index (κ3) is 3.87. The van der Waals surface area contributed by atoms with Crippen molar-refractivity contribution in [3.8, 4) is 11.1 Å². The van der Waals surface area contributed by atoms with Crippen molar-refractivity contribution in [2.45, 2.75) is 25.3 Å². The number of aromatic nitrogens is 1. The third-order valence-electron chi connectivity index (χ3n) is 5.16. The molecule has 1 atom stereocenters. The van der Waals surface area contributed by atoms with E-state index in [0.717, 1.165) is 5.56 Å². The van der Waals surface area contributed by atoms with Crippen LogP contribution in [0.1, 0.15) is 29.9 Å². The normalized spacial score (nSPS) is 16.5. The first kappa shape index (κ1) is 18.8. The number of halogens is 1. The van der Waals surface area contributed by atoms with E-state index in [1.165, 1.54) is 6.07 Å². The highest BCUT2D eigenvalue weighted by molar-refractivity contribution is 6.01. The van der Waals surface area contributed by atoms with Crippen molar-refractivity contribution in [2.24, 2.45) is 0 Å². The molecule has 1 fully saturated rings. The highest BCUT2D eigenvalue weighted by Crippen LogP contribution is 2.32. The molecule has 3 aromatic rings. The molecule has 0 aliphatic carbocycles. The third-order valence-corrected chi connectivity index (χ3v) is 5.16. The molecule has 1 aromatic heterocycles. The molecule has 146 valence electrons. The van der Waals surface area contributed by atoms with Crippen LogP contribution >= 0.6 is 0 Å². The fraction of sp³-hybridized carbons (Fsp3) is 0.174. The van der Waals surface area contributed by atoms with E-state index in [1.807, 2.05) is 12.1 Å². The molecule has 2 amide bonds. The van der Waals surface area contributed by atoms with Gasteiger partial charge in [0.15, 0.2) is 0 Å². The average molecular weight is 390 g/mol. The maximum atomic E-state index is 15.2. The Morgan fingerprint density at radius 1 is 0.966 bits per heavy atom. The Hall–Kier alpha value is -3.54. The molecule has 2 heterocycles. The predicted octanol–water partition coefficient (Wildman–Crippen LogP) is 3.22. The lowest BCUT2D eigenvalue weighted by molar-refractivity contribution is -0.134. The van der Waals surface area contributed by atoms with Crippen molar-refractivity contribution < 1.29 is 14.0 Å². The Balaban J connectivity index is 1.60. The highest BCUT2D eigenvalue weighted by Gasteiger charge is 2.30. The lowest BCUT2D eigenvalue weighted by atomic mass is 9.88. The number of hydrogen-bond acceptors (Lipinski definition) is 3. The monoisotopic (exact) mass is 390 g/mol. The molecule has 0 bridgehead atoms. The molecule has 0 saturated carbocycles. The summed E-state index contributed by atoms with van der Waals surface area (Å²) >= 11 is 0. The number of hydrogen-bond donors (Lipinski definition) is 1. The van der Waals surface area contributed by atoms with Crippen LogP contribution in [-0.2, 0) is 16.1 Å². The Bertz CT molecular complexity index is 1140. The zero-order chi connectivity index (χ0) is 20.4. The number of carbonyl (C=O) groups is 2. The maximum Gasteiger partial charge on any atom is 0.250 e. The van der Waals surface area contributed by atoms with Crippen LogP contribution in [0.4, 0.5) is 4.39 Å². The van der Waals surface area contributed by atoms with Crippen molar-refractivity contribution in [1.82, 2.24) is 9.88 Å². The molecule has 4 rings (SSSR count). The summed E-state index contributed by atoms with van der Waals surface area (Å²) < 4.78 is 16.8. The molecule has 6 heteroatoms. The van der Waals surface area contributed by atoms with Gasteiger partial charge in [0.2, 0.25) is 11.8 Å². The summed E-state index contributed by atoms with van der Waals surface area (Å²) in [5.74, 6) is -1.90. The Morgan fingerprint density at radius 3 is 2.48 bits per heavy atom. The number of nitrogens with one attached hydrogen (secondary N) is 1. The van der Waals surface area contributed by atoms with E-state index in [4.69, 9.17) is 0 Å². The van der Waals surface area contributed by atoms with Gasteiger partial charge < -0.3 is 4.57 Å². The Labute approximate surface area is 166 Å². The molecule has 1 aliphatic rings. The Kier molecular flexibility index (Phi) is 5.08. The summed E-state index contributed by atoms with van der Waals surface area (Å²) in [4.78, 5) is 35.3. The average Bonchev–Trinajstić information content (AvgIpc) is 2.71. The first-order valence-corrected chi connectivity index (χ1v) is 9.40. The second-order valence-electron chi connectivity index (χ2n) is 7.08. The molecule has 0 spiro atoms. The van der Waals surface area contributed by atoms with E-state index in [1.54, 1.807) is 53.2 Å². The topological polar surface area (TPSA) is 68.2 Å². The standard InChI is InChI=1S/C23H19FN2O3/c24-22-17(4-3-5-18(22)19-11-12-20(27)25-23(19)29)16-9-7-15(8-10-16)14-26-13-2-1-6-21(26)28/h1-10,13,19H,11-12,14H2,(H,25,27,29). The van der Waals surface area contributed by atoms with Gasteiger partial charge in [0.1, 0.15) is 5.82 Å². The van der Waals surface area contributed by atoms with Crippen LogP contribution in [0.25, 0.3) is 11.1 Å². The van der Waals surface area contributed by atoms with Crippen molar-refractivity contribution in [3.05, 3.63) is 94.2 Å². The molecular weight excluding hydrogens is 371 g/mol. The first-order valence-electron chi connectivity index (χ1n) is 9.40. The van der Waals surface area contributed by atoms with Gasteiger partial charge in [-0.25, -0.2) is 4.39 Å². The highest BCUT2D eigenvalue weighted by atomic mass is 19.1. The van der Waals surface area contributed by atoms with Crippen LogP contribution in [-0.4, -0.2) is 16.4 Å². The summed E-state index contributed by atoms with van der Waals surface area (Å²) in [7, 11) is 0. The minimum Gasteiger partial charge on any atom is -0.311 e. The zero-order valence-corrected chi connectivity index (χ0v) is 15.6. The molecule has 1 aliphatic heterocycles. The van der Waals surface area contributed by atoms with Crippen LogP contribution in [0, 0.1) is 5.82 Å². The predicted molar refractivity (Wildman–Crippen MR) is 107 cm³/mol. The van der Waals surface area contributed by atoms with Crippen molar-refractivity contribution in [2.75, 3.05) is 0 Å². The molecule has 2 aromatic carbocycles. The smallest absolute Gasteiger partial charge is 0.250 e. The lowest BCUT2D eigenvalue weighted by Gasteiger charge is -2.22. The van der Waals surface area contributed by atoms with Crippen LogP contribution in [0.3, 0.4) is 0 Å². The number of carbonyl (C=O) groups excluding carboxylic acids is 2. The molecule has 5 nitrogen and oxygen atoms in total. The van der Waals surface area contributed by atoms with Crippen molar-refractivity contribution >= 4 is 11.8 Å². The second kappa shape index (κ2) is 7.83. The van der Waals surface area contributed by atoms with Crippen molar-refractivity contribution in [1.29, 1.82) is 0 Å². The molecule has 29 heavy (non-hydrogen) atoms. The quantitative estimate of drug-likeness (QED) is 0.696. The van der Waals surface area contributed by atoms with Gasteiger partial charge in [-0.15, -0.1) is 0 Å². The van der Waals surface area contributed by atoms with Gasteiger partial charge in [-0.3, -0.25) is 19.7 Å². The van der Waals surface area contributed by atoms with Crippen molar-refractivity contribution in [3.63, 3.8) is 0 Å². The second-order valence-corrected chi connectivity index (χ2v) is 7.08. The van der Waals surface area contributed by atoms with E-state index in [-0.39, 0.29) is 17.9 Å². The molecular formula is C23H19FN2O3. The van der Waals surface area contributed by atoms with Gasteiger partial charge in [0.05, 0.1) is 12.5 Å². The minimum absolute atomic E-state index is 0.0837. The van der Waals surface area contributed by atoms with Gasteiger partial charge in [0.25, 0.3) is 5.56 Å². The van der Waals surface area contributed by atoms with E-state index in [0.29, 0.717) is 29.7 Å². The van der Waals surface area contributed by atoms with Gasteiger partial charge >= 0.3 is 0 Å². The van der Waals surface area contributed by atoms with Crippen LogP contribution in [0.15, 0.2) is 71.7 Å². The SMILES string of the molecule is O=C1CCC(c2cccc(-c3ccc(Cn4ccccc4=O)cc3)c2F)C(=O)N1. The van der Waals surface area contributed by atoms with E-state index < -0.39 is 17.6 Å². The summed E-state index contributed by atoms with van der Waals surface area (Å²) in [6, 6.07) is 17.3. The minimum atomic E-state index is -0.670. The van der Waals surface area contributed by atoms with Gasteiger partial charge in [-0.1, -0.05) is 48.5 Å². The van der Waals surface area contributed by atoms with Crippen LogP contribution in [0.5, 0.6) is 0 Å². The van der Waals surface area contributed by atoms with Gasteiger partial charge in [-0.2, -0.15) is 0 Å². The fourth-order valence-electron chi connectivity index (χ4n) is 3.61. The summed E-state index contributed by atoms with van der Waals surface area (Å²) in [6.07, 6.45) is 2.22. The lowest BCUT2D eigenvalue weighted by Crippen LogP contribution is -2.39. The number of nitrogens with zero attached hydrogens (tertiary/aromatic N) is 1. The zero-order valence-electron chi connectivity index (χ0n) is 15.6. The Morgan fingerprint density at radius 2 is 1.76 bits per heavy atom. The molecule has 1 unspecified atom stereocenters.